The molecule has 0 amide bonds. The molecule has 0 aromatic heterocycles. The fourth-order valence-electron chi connectivity index (χ4n) is 1.99. The van der Waals surface area contributed by atoms with E-state index in [1.165, 1.54) is 32.8 Å². The van der Waals surface area contributed by atoms with Crippen LogP contribution in [0.3, 0.4) is 0 Å². The molecule has 2 heteroatoms. The van der Waals surface area contributed by atoms with Crippen molar-refractivity contribution in [3.63, 3.8) is 0 Å². The number of rotatable bonds is 13. The van der Waals surface area contributed by atoms with Crippen molar-refractivity contribution in [1.82, 2.24) is 0 Å². The fourth-order valence-corrected chi connectivity index (χ4v) is 1.99. The number of allylic oxidation sites excluding steroid dienone is 6. The molecule has 0 atom stereocenters. The Morgan fingerprint density at radius 1 is 0.810 bits per heavy atom. The van der Waals surface area contributed by atoms with Crippen molar-refractivity contribution in [2.24, 2.45) is 0 Å². The van der Waals surface area contributed by atoms with Crippen molar-refractivity contribution in [3.05, 3.63) is 36.5 Å². The largest absolute Gasteiger partial charge is 0.469 e. The van der Waals surface area contributed by atoms with Gasteiger partial charge in [-0.25, -0.2) is 0 Å². The van der Waals surface area contributed by atoms with Crippen molar-refractivity contribution in [2.45, 2.75) is 71.1 Å². The first-order valence-electron chi connectivity index (χ1n) is 8.33. The third kappa shape index (κ3) is 16.6. The van der Waals surface area contributed by atoms with Gasteiger partial charge in [0.15, 0.2) is 0 Å². The van der Waals surface area contributed by atoms with Gasteiger partial charge in [0.2, 0.25) is 0 Å². The lowest BCUT2D eigenvalue weighted by molar-refractivity contribution is -0.140. The number of hydrogen-bond donors (Lipinski definition) is 0. The summed E-state index contributed by atoms with van der Waals surface area (Å²) >= 11 is 0. The van der Waals surface area contributed by atoms with Crippen molar-refractivity contribution >= 4 is 5.97 Å². The Kier molecular flexibility index (Phi) is 15.7. The van der Waals surface area contributed by atoms with Gasteiger partial charge in [0.05, 0.1) is 7.11 Å². The molecule has 0 aliphatic rings. The highest BCUT2D eigenvalue weighted by atomic mass is 16.5. The van der Waals surface area contributed by atoms with Crippen LogP contribution in [0.4, 0.5) is 0 Å². The molecular weight excluding hydrogens is 260 g/mol. The summed E-state index contributed by atoms with van der Waals surface area (Å²) in [4.78, 5) is 10.9. The highest BCUT2D eigenvalue weighted by Gasteiger charge is 1.98. The monoisotopic (exact) mass is 292 g/mol. The minimum absolute atomic E-state index is 0.0869. The van der Waals surface area contributed by atoms with E-state index in [2.05, 4.69) is 48.1 Å². The van der Waals surface area contributed by atoms with Crippen LogP contribution in [-0.4, -0.2) is 13.1 Å². The van der Waals surface area contributed by atoms with E-state index in [0.717, 1.165) is 32.1 Å². The van der Waals surface area contributed by atoms with Crippen molar-refractivity contribution < 1.29 is 9.53 Å². The first-order chi connectivity index (χ1) is 10.3. The molecule has 0 radical (unpaired) electrons. The molecule has 0 aromatic rings. The zero-order valence-electron chi connectivity index (χ0n) is 13.9. The third-order valence-corrected chi connectivity index (χ3v) is 3.26. The molecule has 0 N–H and O–H groups in total. The van der Waals surface area contributed by atoms with Gasteiger partial charge in [-0.2, -0.15) is 0 Å². The molecule has 0 aromatic carbocycles. The summed E-state index contributed by atoms with van der Waals surface area (Å²) in [7, 11) is 1.45. The number of methoxy groups -OCH3 is 1. The number of carbonyl (C=O) groups is 1. The zero-order valence-corrected chi connectivity index (χ0v) is 13.9. The molecule has 21 heavy (non-hydrogen) atoms. The molecule has 0 unspecified atom stereocenters. The minimum atomic E-state index is -0.0869. The summed E-state index contributed by atoms with van der Waals surface area (Å²) in [5.74, 6) is -0.0869. The second kappa shape index (κ2) is 16.7. The predicted molar refractivity (Wildman–Crippen MR) is 91.3 cm³/mol. The summed E-state index contributed by atoms with van der Waals surface area (Å²) in [5, 5.41) is 0. The summed E-state index contributed by atoms with van der Waals surface area (Å²) in [5.41, 5.74) is 0. The van der Waals surface area contributed by atoms with Gasteiger partial charge in [0.1, 0.15) is 0 Å². The van der Waals surface area contributed by atoms with Crippen LogP contribution >= 0.6 is 0 Å². The van der Waals surface area contributed by atoms with Gasteiger partial charge < -0.3 is 4.74 Å². The topological polar surface area (TPSA) is 26.3 Å². The Morgan fingerprint density at radius 3 is 2.05 bits per heavy atom. The van der Waals surface area contributed by atoms with E-state index >= 15 is 0 Å². The standard InChI is InChI=1S/C19H32O2/c1-3-4-5-6-7-8-9-10-11-12-13-14-15-16-17-18-19(20)21-2/h4-5,7-8,10-11H,3,6,9,12-18H2,1-2H3/b5-4?,8-7?,11-10-. The smallest absolute Gasteiger partial charge is 0.305 e. The lowest BCUT2D eigenvalue weighted by Gasteiger charge is -1.99. The Balaban J connectivity index is 3.25. The molecule has 0 saturated heterocycles. The Labute approximate surface area is 131 Å². The van der Waals surface area contributed by atoms with E-state index in [9.17, 15) is 4.79 Å². The van der Waals surface area contributed by atoms with E-state index in [1.807, 2.05) is 0 Å². The molecule has 2 nitrogen and oxygen atoms in total. The number of unbranched alkanes of at least 4 members (excludes halogenated alkanes) is 5. The molecule has 0 rings (SSSR count). The van der Waals surface area contributed by atoms with Crippen LogP contribution in [0.15, 0.2) is 36.5 Å². The van der Waals surface area contributed by atoms with Gasteiger partial charge in [0, 0.05) is 6.42 Å². The molecular formula is C19H32O2. The molecule has 120 valence electrons. The lowest BCUT2D eigenvalue weighted by Crippen LogP contribution is -1.98. The fraction of sp³-hybridized carbons (Fsp3) is 0.632. The number of ether oxygens (including phenoxy) is 1. The maximum atomic E-state index is 10.9. The Bertz CT molecular complexity index is 314. The van der Waals surface area contributed by atoms with Gasteiger partial charge >= 0.3 is 5.97 Å². The maximum absolute atomic E-state index is 10.9. The number of esters is 1. The quantitative estimate of drug-likeness (QED) is 0.245. The average molecular weight is 292 g/mol. The highest BCUT2D eigenvalue weighted by molar-refractivity contribution is 5.68. The van der Waals surface area contributed by atoms with Crippen LogP contribution in [0.2, 0.25) is 0 Å². The molecule has 0 bridgehead atoms. The van der Waals surface area contributed by atoms with E-state index < -0.39 is 0 Å². The van der Waals surface area contributed by atoms with Crippen LogP contribution in [0.1, 0.15) is 71.1 Å². The summed E-state index contributed by atoms with van der Waals surface area (Å²) in [6.07, 6.45) is 24.1. The van der Waals surface area contributed by atoms with E-state index in [-0.39, 0.29) is 5.97 Å². The first-order valence-corrected chi connectivity index (χ1v) is 8.33. The maximum Gasteiger partial charge on any atom is 0.305 e. The first kappa shape index (κ1) is 19.7. The Hall–Kier alpha value is -1.31. The second-order valence-corrected chi connectivity index (χ2v) is 5.18. The van der Waals surface area contributed by atoms with Crippen LogP contribution in [-0.2, 0) is 9.53 Å². The van der Waals surface area contributed by atoms with Crippen LogP contribution in [0.5, 0.6) is 0 Å². The van der Waals surface area contributed by atoms with Crippen LogP contribution in [0.25, 0.3) is 0 Å². The molecule has 0 heterocycles. The summed E-state index contributed by atoms with van der Waals surface area (Å²) in [6, 6.07) is 0. The van der Waals surface area contributed by atoms with Crippen molar-refractivity contribution in [2.75, 3.05) is 7.11 Å². The normalized spacial score (nSPS) is 11.9. The SMILES string of the molecule is CCC=CCC=CC/C=C\CCCCCCCC(=O)OC. The molecule has 0 fully saturated rings. The van der Waals surface area contributed by atoms with Gasteiger partial charge in [-0.3, -0.25) is 4.79 Å². The minimum Gasteiger partial charge on any atom is -0.469 e. The molecule has 0 aliphatic carbocycles. The average Bonchev–Trinajstić information content (AvgIpc) is 2.50. The van der Waals surface area contributed by atoms with Gasteiger partial charge in [-0.1, -0.05) is 62.6 Å². The lowest BCUT2D eigenvalue weighted by atomic mass is 10.1. The zero-order chi connectivity index (χ0) is 15.6. The summed E-state index contributed by atoms with van der Waals surface area (Å²) in [6.45, 7) is 2.15. The van der Waals surface area contributed by atoms with Gasteiger partial charge in [-0.05, 0) is 38.5 Å². The van der Waals surface area contributed by atoms with E-state index in [1.54, 1.807) is 0 Å². The van der Waals surface area contributed by atoms with E-state index in [4.69, 9.17) is 0 Å². The van der Waals surface area contributed by atoms with Gasteiger partial charge in [-0.15, -0.1) is 0 Å². The molecule has 0 saturated carbocycles. The van der Waals surface area contributed by atoms with Crippen molar-refractivity contribution in [1.29, 1.82) is 0 Å². The van der Waals surface area contributed by atoms with Gasteiger partial charge in [0.25, 0.3) is 0 Å². The number of carbonyl (C=O) groups excluding carboxylic acids is 1. The Morgan fingerprint density at radius 2 is 1.38 bits per heavy atom. The molecule has 0 aliphatic heterocycles. The predicted octanol–water partition coefficient (Wildman–Crippen LogP) is 5.75. The van der Waals surface area contributed by atoms with Crippen LogP contribution < -0.4 is 0 Å². The van der Waals surface area contributed by atoms with E-state index in [0.29, 0.717) is 6.42 Å². The summed E-state index contributed by atoms with van der Waals surface area (Å²) < 4.78 is 4.61. The van der Waals surface area contributed by atoms with Crippen molar-refractivity contribution in [3.8, 4) is 0 Å². The third-order valence-electron chi connectivity index (χ3n) is 3.26. The van der Waals surface area contributed by atoms with Crippen LogP contribution in [0, 0.1) is 0 Å². The second-order valence-electron chi connectivity index (χ2n) is 5.18. The highest BCUT2D eigenvalue weighted by Crippen LogP contribution is 2.08. The molecule has 0 spiro atoms. The number of hydrogen-bond acceptors (Lipinski definition) is 2.